The van der Waals surface area contributed by atoms with Crippen LogP contribution in [0.2, 0.25) is 0 Å². The molecule has 0 bridgehead atoms. The lowest BCUT2D eigenvalue weighted by Crippen LogP contribution is -2.29. The number of carbonyl (C=O) groups excluding carboxylic acids is 2. The maximum absolute atomic E-state index is 12.7. The first-order valence-corrected chi connectivity index (χ1v) is 32.6. The fraction of sp³-hybridized carbons (Fsp3) is 0.754. The molecule has 0 heterocycles. The van der Waals surface area contributed by atoms with E-state index in [1.165, 1.54) is 161 Å². The number of phosphoric ester groups is 1. The van der Waals surface area contributed by atoms with E-state index in [0.29, 0.717) is 6.42 Å². The van der Waals surface area contributed by atoms with Crippen molar-refractivity contribution in [3.8, 4) is 0 Å². The third kappa shape index (κ3) is 60.3. The molecule has 0 aromatic carbocycles. The van der Waals surface area contributed by atoms with Gasteiger partial charge in [-0.05, 0) is 89.9 Å². The zero-order chi connectivity index (χ0) is 54.5. The van der Waals surface area contributed by atoms with Gasteiger partial charge in [0.05, 0.1) is 13.2 Å². The van der Waals surface area contributed by atoms with Crippen LogP contribution in [-0.2, 0) is 32.7 Å². The minimum absolute atomic E-state index is 0.0496. The van der Waals surface area contributed by atoms with E-state index in [9.17, 15) is 19.0 Å². The summed E-state index contributed by atoms with van der Waals surface area (Å²) in [5, 5.41) is 0. The van der Waals surface area contributed by atoms with Crippen LogP contribution in [0.1, 0.15) is 284 Å². The first-order valence-electron chi connectivity index (χ1n) is 31.1. The smallest absolute Gasteiger partial charge is 0.462 e. The highest BCUT2D eigenvalue weighted by Gasteiger charge is 2.26. The summed E-state index contributed by atoms with van der Waals surface area (Å²) < 4.78 is 33.1. The standard InChI is InChI=1S/C65H116NO8P/c1-3-5-7-9-11-13-15-17-19-21-23-25-26-27-28-29-30-31-32-33-34-35-36-38-40-42-44-46-48-50-52-54-56-58-65(68)74-63(62-73-75(69,70)72-60-59-66)61-71-64(67)57-55-53-51-49-47-45-43-41-39-37-24-22-20-18-16-14-12-10-8-6-4-2/h5,7,11,13,16-19,22-25,39,41,63H,3-4,6,8-10,12,14-15,20-21,26-38,40,42-62,66H2,1-2H3,(H,69,70)/b7-5-,13-11-,18-16-,19-17-,24-22-,25-23-,41-39-. The number of hydrogen-bond acceptors (Lipinski definition) is 8. The molecule has 0 spiro atoms. The Hall–Kier alpha value is -2.81. The fourth-order valence-electron chi connectivity index (χ4n) is 8.69. The molecule has 0 aromatic rings. The molecule has 0 saturated carbocycles. The average Bonchev–Trinajstić information content (AvgIpc) is 3.40. The Morgan fingerprint density at radius 3 is 1.09 bits per heavy atom. The second kappa shape index (κ2) is 60.4. The van der Waals surface area contributed by atoms with Gasteiger partial charge in [0.2, 0.25) is 0 Å². The minimum atomic E-state index is -4.39. The lowest BCUT2D eigenvalue weighted by atomic mass is 10.0. The predicted molar refractivity (Wildman–Crippen MR) is 321 cm³/mol. The van der Waals surface area contributed by atoms with E-state index in [-0.39, 0.29) is 32.6 Å². The second-order valence-corrected chi connectivity index (χ2v) is 22.0. The molecule has 10 heteroatoms. The first-order chi connectivity index (χ1) is 36.8. The van der Waals surface area contributed by atoms with Gasteiger partial charge in [-0.15, -0.1) is 0 Å². The Morgan fingerprint density at radius 1 is 0.413 bits per heavy atom. The molecule has 0 aliphatic heterocycles. The number of phosphoric acid groups is 1. The summed E-state index contributed by atoms with van der Waals surface area (Å²) >= 11 is 0. The summed E-state index contributed by atoms with van der Waals surface area (Å²) in [7, 11) is -4.39. The van der Waals surface area contributed by atoms with Crippen LogP contribution in [-0.4, -0.2) is 49.3 Å². The molecule has 0 fully saturated rings. The molecule has 0 aliphatic carbocycles. The van der Waals surface area contributed by atoms with Gasteiger partial charge in [0.25, 0.3) is 0 Å². The molecule has 0 saturated heterocycles. The van der Waals surface area contributed by atoms with Crippen LogP contribution in [0.5, 0.6) is 0 Å². The van der Waals surface area contributed by atoms with Gasteiger partial charge in [-0.2, -0.15) is 0 Å². The summed E-state index contributed by atoms with van der Waals surface area (Å²) in [6.45, 7) is 3.63. The second-order valence-electron chi connectivity index (χ2n) is 20.5. The Labute approximate surface area is 462 Å². The molecule has 0 rings (SSSR count). The Balaban J connectivity index is 3.91. The van der Waals surface area contributed by atoms with Gasteiger partial charge < -0.3 is 20.1 Å². The van der Waals surface area contributed by atoms with Crippen molar-refractivity contribution in [1.82, 2.24) is 0 Å². The van der Waals surface area contributed by atoms with E-state index >= 15 is 0 Å². The molecule has 2 unspecified atom stereocenters. The van der Waals surface area contributed by atoms with E-state index in [4.69, 9.17) is 24.3 Å². The maximum atomic E-state index is 12.7. The van der Waals surface area contributed by atoms with Gasteiger partial charge in [-0.1, -0.05) is 266 Å². The van der Waals surface area contributed by atoms with Crippen LogP contribution in [0.3, 0.4) is 0 Å². The SMILES string of the molecule is CC/C=C\C/C=C\C/C=C\C/C=C\CCCCCCCCCCCCCCCCCCCCCCC(=O)OC(COC(=O)CCCCCCCC/C=C\C/C=C\C/C=C\CCCCCCC)COP(=O)(O)OCCN. The van der Waals surface area contributed by atoms with Crippen molar-refractivity contribution in [2.45, 2.75) is 290 Å². The van der Waals surface area contributed by atoms with E-state index < -0.39 is 32.5 Å². The van der Waals surface area contributed by atoms with Crippen LogP contribution in [0.4, 0.5) is 0 Å². The molecule has 75 heavy (non-hydrogen) atoms. The number of ether oxygens (including phenoxy) is 2. The van der Waals surface area contributed by atoms with Gasteiger partial charge in [0.1, 0.15) is 6.61 Å². The molecular weight excluding hydrogens is 954 g/mol. The van der Waals surface area contributed by atoms with Crippen molar-refractivity contribution in [2.75, 3.05) is 26.4 Å². The van der Waals surface area contributed by atoms with E-state index in [1.54, 1.807) is 0 Å². The topological polar surface area (TPSA) is 134 Å². The van der Waals surface area contributed by atoms with Crippen molar-refractivity contribution < 1.29 is 37.6 Å². The van der Waals surface area contributed by atoms with Crippen molar-refractivity contribution in [3.63, 3.8) is 0 Å². The van der Waals surface area contributed by atoms with Gasteiger partial charge in [-0.3, -0.25) is 18.6 Å². The minimum Gasteiger partial charge on any atom is -0.462 e. The highest BCUT2D eigenvalue weighted by molar-refractivity contribution is 7.47. The maximum Gasteiger partial charge on any atom is 0.472 e. The van der Waals surface area contributed by atoms with Crippen molar-refractivity contribution >= 4 is 19.8 Å². The molecule has 0 radical (unpaired) electrons. The van der Waals surface area contributed by atoms with E-state index in [1.807, 2.05) is 0 Å². The molecule has 2 atom stereocenters. The highest BCUT2D eigenvalue weighted by atomic mass is 31.2. The number of carbonyl (C=O) groups is 2. The number of rotatable bonds is 58. The zero-order valence-electron chi connectivity index (χ0n) is 48.5. The molecule has 9 nitrogen and oxygen atoms in total. The summed E-state index contributed by atoms with van der Waals surface area (Å²) in [4.78, 5) is 35.2. The lowest BCUT2D eigenvalue weighted by Gasteiger charge is -2.19. The molecule has 0 aliphatic rings. The molecule has 434 valence electrons. The largest absolute Gasteiger partial charge is 0.472 e. The molecule has 0 amide bonds. The van der Waals surface area contributed by atoms with E-state index in [2.05, 4.69) is 98.9 Å². The van der Waals surface area contributed by atoms with Crippen LogP contribution in [0.25, 0.3) is 0 Å². The summed E-state index contributed by atoms with van der Waals surface area (Å²) in [6, 6.07) is 0. The quantitative estimate of drug-likeness (QED) is 0.0264. The van der Waals surface area contributed by atoms with Crippen molar-refractivity contribution in [1.29, 1.82) is 0 Å². The molecular formula is C65H116NO8P. The van der Waals surface area contributed by atoms with Crippen molar-refractivity contribution in [2.24, 2.45) is 5.73 Å². The first kappa shape index (κ1) is 72.2. The third-order valence-electron chi connectivity index (χ3n) is 13.3. The predicted octanol–water partition coefficient (Wildman–Crippen LogP) is 19.9. The van der Waals surface area contributed by atoms with Crippen LogP contribution in [0.15, 0.2) is 85.1 Å². The van der Waals surface area contributed by atoms with Gasteiger partial charge >= 0.3 is 19.8 Å². The molecule has 0 aromatic heterocycles. The fourth-order valence-corrected chi connectivity index (χ4v) is 9.46. The van der Waals surface area contributed by atoms with Gasteiger partial charge in [0.15, 0.2) is 6.10 Å². The summed E-state index contributed by atoms with van der Waals surface area (Å²) in [5.41, 5.74) is 5.39. The molecule has 3 N–H and O–H groups in total. The number of nitrogens with two attached hydrogens (primary N) is 1. The number of esters is 2. The Bertz CT molecular complexity index is 1500. The van der Waals surface area contributed by atoms with Gasteiger partial charge in [-0.25, -0.2) is 4.57 Å². The number of allylic oxidation sites excluding steroid dienone is 14. The van der Waals surface area contributed by atoms with Gasteiger partial charge in [0, 0.05) is 19.4 Å². The zero-order valence-corrected chi connectivity index (χ0v) is 49.4. The average molecular weight is 1070 g/mol. The van der Waals surface area contributed by atoms with Crippen molar-refractivity contribution in [3.05, 3.63) is 85.1 Å². The third-order valence-corrected chi connectivity index (χ3v) is 14.2. The normalized spacial score (nSPS) is 13.6. The van der Waals surface area contributed by atoms with E-state index in [0.717, 1.165) is 89.9 Å². The van der Waals surface area contributed by atoms with Crippen LogP contribution < -0.4 is 5.73 Å². The summed E-state index contributed by atoms with van der Waals surface area (Å²) in [5.74, 6) is -0.835. The van der Waals surface area contributed by atoms with Crippen LogP contribution in [0, 0.1) is 0 Å². The highest BCUT2D eigenvalue weighted by Crippen LogP contribution is 2.43. The Morgan fingerprint density at radius 2 is 0.733 bits per heavy atom. The number of hydrogen-bond donors (Lipinski definition) is 2. The number of unbranched alkanes of at least 4 members (excludes halogenated alkanes) is 31. The van der Waals surface area contributed by atoms with Crippen LogP contribution >= 0.6 is 7.82 Å². The monoisotopic (exact) mass is 1070 g/mol. The Kier molecular flexibility index (Phi) is 58.2. The lowest BCUT2D eigenvalue weighted by molar-refractivity contribution is -0.161. The summed E-state index contributed by atoms with van der Waals surface area (Å²) in [6.07, 6.45) is 79.4.